The van der Waals surface area contributed by atoms with Crippen LogP contribution in [-0.2, 0) is 0 Å². The van der Waals surface area contributed by atoms with Crippen molar-refractivity contribution >= 4 is 35.6 Å². The van der Waals surface area contributed by atoms with Gasteiger partial charge in [-0.2, -0.15) is 0 Å². The molecule has 0 aliphatic carbocycles. The van der Waals surface area contributed by atoms with Crippen molar-refractivity contribution in [2.45, 2.75) is 0 Å². The maximum Gasteiger partial charge on any atom is 0.137 e. The smallest absolute Gasteiger partial charge is 0.137 e. The fourth-order valence-corrected chi connectivity index (χ4v) is 2.11. The van der Waals surface area contributed by atoms with Gasteiger partial charge in [-0.1, -0.05) is 18.2 Å². The maximum absolute atomic E-state index is 12.2. The van der Waals surface area contributed by atoms with Crippen LogP contribution in [0.25, 0.3) is 0 Å². The molecule has 1 aromatic rings. The molecule has 0 heterocycles. The molecular formula is C12H18Cl3NO2. The lowest BCUT2D eigenvalue weighted by Gasteiger charge is -2.41. The van der Waals surface area contributed by atoms with E-state index in [9.17, 15) is 5.21 Å². The molecule has 6 heteroatoms. The molecule has 0 fully saturated rings. The Morgan fingerprint density at radius 3 is 2.06 bits per heavy atom. The number of rotatable bonds is 8. The van der Waals surface area contributed by atoms with Crippen molar-refractivity contribution in [3.05, 3.63) is 35.5 Å². The van der Waals surface area contributed by atoms with E-state index in [1.165, 1.54) is 0 Å². The molecule has 1 rings (SSSR count). The zero-order valence-electron chi connectivity index (χ0n) is 10.1. The lowest BCUT2D eigenvalue weighted by atomic mass is 10.3. The van der Waals surface area contributed by atoms with Crippen molar-refractivity contribution < 1.29 is 9.38 Å². The van der Waals surface area contributed by atoms with Crippen molar-refractivity contribution in [2.75, 3.05) is 38.0 Å². The molecule has 0 saturated carbocycles. The van der Waals surface area contributed by atoms with Gasteiger partial charge in [0, 0.05) is 0 Å². The van der Waals surface area contributed by atoms with Gasteiger partial charge in [0.05, 0.1) is 24.8 Å². The number of hydroxylamine groups is 3. The van der Waals surface area contributed by atoms with E-state index >= 15 is 0 Å². The van der Waals surface area contributed by atoms with Crippen LogP contribution in [0.3, 0.4) is 0 Å². The first kappa shape index (κ1) is 17.8. The topological polar surface area (TPSA) is 32.3 Å². The predicted molar refractivity (Wildman–Crippen MR) is 78.9 cm³/mol. The average molecular weight is 315 g/mol. The maximum atomic E-state index is 12.2. The minimum absolute atomic E-state index is 0. The van der Waals surface area contributed by atoms with Crippen LogP contribution in [0.15, 0.2) is 30.3 Å². The number of hydrogen-bond acceptors (Lipinski definition) is 2. The Morgan fingerprint density at radius 1 is 1.00 bits per heavy atom. The van der Waals surface area contributed by atoms with Crippen molar-refractivity contribution in [1.29, 1.82) is 0 Å². The molecule has 0 atom stereocenters. The minimum atomic E-state index is -0.389. The van der Waals surface area contributed by atoms with E-state index in [1.807, 2.05) is 30.3 Å². The van der Waals surface area contributed by atoms with Gasteiger partial charge in [-0.3, -0.25) is 0 Å². The van der Waals surface area contributed by atoms with E-state index in [1.54, 1.807) is 0 Å². The van der Waals surface area contributed by atoms with Gasteiger partial charge in [-0.25, -0.2) is 0 Å². The second-order valence-electron chi connectivity index (χ2n) is 3.77. The summed E-state index contributed by atoms with van der Waals surface area (Å²) in [6.45, 7) is 1.48. The highest BCUT2D eigenvalue weighted by Gasteiger charge is 2.15. The molecule has 0 aliphatic heterocycles. The number of halogens is 3. The van der Waals surface area contributed by atoms with E-state index < -0.39 is 0 Å². The van der Waals surface area contributed by atoms with Crippen LogP contribution in [0.2, 0.25) is 0 Å². The van der Waals surface area contributed by atoms with Crippen LogP contribution in [0.4, 0.5) is 0 Å². The fraction of sp³-hybridized carbons (Fsp3) is 0.500. The van der Waals surface area contributed by atoms with E-state index in [0.29, 0.717) is 38.0 Å². The number of nitrogens with zero attached hydrogens (tertiary/aromatic N) is 1. The Morgan fingerprint density at radius 2 is 1.56 bits per heavy atom. The number of quaternary nitrogens is 1. The summed E-state index contributed by atoms with van der Waals surface area (Å²) in [5.41, 5.74) is 0. The zero-order valence-corrected chi connectivity index (χ0v) is 12.4. The molecule has 1 aromatic carbocycles. The summed E-state index contributed by atoms with van der Waals surface area (Å²) in [4.78, 5) is 0. The van der Waals surface area contributed by atoms with Crippen molar-refractivity contribution in [3.8, 4) is 5.75 Å². The van der Waals surface area contributed by atoms with Gasteiger partial charge >= 0.3 is 0 Å². The number of ether oxygens (including phenoxy) is 1. The summed E-state index contributed by atoms with van der Waals surface area (Å²) < 4.78 is 5.10. The summed E-state index contributed by atoms with van der Waals surface area (Å²) in [7, 11) is 0. The van der Waals surface area contributed by atoms with Crippen LogP contribution >= 0.6 is 35.6 Å². The molecule has 0 bridgehead atoms. The molecule has 0 aromatic heterocycles. The third kappa shape index (κ3) is 6.66. The Hall–Kier alpha value is -0.190. The molecule has 0 aliphatic rings. The number of para-hydroxylation sites is 1. The molecule has 0 spiro atoms. The quantitative estimate of drug-likeness (QED) is 0.419. The molecule has 3 nitrogen and oxygen atoms in total. The zero-order chi connectivity index (χ0) is 12.6. The van der Waals surface area contributed by atoms with Crippen LogP contribution in [0.1, 0.15) is 0 Å². The normalized spacial score (nSPS) is 10.8. The summed E-state index contributed by atoms with van der Waals surface area (Å²) in [5, 5.41) is 12.2. The first-order valence-corrected chi connectivity index (χ1v) is 6.64. The first-order valence-electron chi connectivity index (χ1n) is 5.57. The van der Waals surface area contributed by atoms with Crippen molar-refractivity contribution in [1.82, 2.24) is 0 Å². The standard InChI is InChI=1S/C12H17Cl2NO2.ClH/c13-6-8-15(16,9-7-14)10-11-17-12-4-2-1-3-5-12;/h1-5H,6-11H2;1H. The molecule has 104 valence electrons. The van der Waals surface area contributed by atoms with Gasteiger partial charge in [-0.15, -0.1) is 35.6 Å². The molecule has 18 heavy (non-hydrogen) atoms. The second kappa shape index (κ2) is 9.70. The number of hydrogen-bond donors (Lipinski definition) is 0. The summed E-state index contributed by atoms with van der Waals surface area (Å²) in [6.07, 6.45) is 0. The fourth-order valence-electron chi connectivity index (χ4n) is 1.49. The van der Waals surface area contributed by atoms with E-state index in [4.69, 9.17) is 27.9 Å². The van der Waals surface area contributed by atoms with Crippen LogP contribution < -0.4 is 4.74 Å². The molecule has 0 N–H and O–H groups in total. The minimum Gasteiger partial charge on any atom is -0.633 e. The van der Waals surface area contributed by atoms with Gasteiger partial charge in [0.1, 0.15) is 18.9 Å². The van der Waals surface area contributed by atoms with Gasteiger partial charge in [0.2, 0.25) is 0 Å². The molecule has 0 amide bonds. The van der Waals surface area contributed by atoms with E-state index in [0.717, 1.165) is 5.75 Å². The van der Waals surface area contributed by atoms with Crippen LogP contribution in [-0.4, -0.2) is 42.6 Å². The Kier molecular flexibility index (Phi) is 9.60. The van der Waals surface area contributed by atoms with Crippen molar-refractivity contribution in [3.63, 3.8) is 0 Å². The molecule has 0 saturated heterocycles. The SMILES string of the molecule is Cl.[O-][N+](CCCl)(CCCl)CCOc1ccccc1. The molecule has 0 unspecified atom stereocenters. The monoisotopic (exact) mass is 313 g/mol. The largest absolute Gasteiger partial charge is 0.633 e. The Balaban J connectivity index is 0.00000289. The highest BCUT2D eigenvalue weighted by Crippen LogP contribution is 2.10. The first-order chi connectivity index (χ1) is 8.20. The molecular weight excluding hydrogens is 296 g/mol. The average Bonchev–Trinajstić information content (AvgIpc) is 2.31. The lowest BCUT2D eigenvalue weighted by Crippen LogP contribution is -2.47. The van der Waals surface area contributed by atoms with E-state index in [2.05, 4.69) is 0 Å². The highest BCUT2D eigenvalue weighted by atomic mass is 35.5. The van der Waals surface area contributed by atoms with Gasteiger partial charge in [0.25, 0.3) is 0 Å². The number of alkyl halides is 2. The summed E-state index contributed by atoms with van der Waals surface area (Å²) >= 11 is 11.2. The van der Waals surface area contributed by atoms with Crippen molar-refractivity contribution in [2.24, 2.45) is 0 Å². The van der Waals surface area contributed by atoms with Gasteiger partial charge in [0.15, 0.2) is 0 Å². The molecule has 0 radical (unpaired) electrons. The second-order valence-corrected chi connectivity index (χ2v) is 4.52. The van der Waals surface area contributed by atoms with Crippen LogP contribution in [0, 0.1) is 5.21 Å². The predicted octanol–water partition coefficient (Wildman–Crippen LogP) is 3.28. The Bertz CT molecular complexity index is 305. The van der Waals surface area contributed by atoms with E-state index in [-0.39, 0.29) is 17.1 Å². The lowest BCUT2D eigenvalue weighted by molar-refractivity contribution is -0.875. The number of benzene rings is 1. The summed E-state index contributed by atoms with van der Waals surface area (Å²) in [6, 6.07) is 9.44. The van der Waals surface area contributed by atoms with Gasteiger partial charge < -0.3 is 14.6 Å². The third-order valence-corrected chi connectivity index (χ3v) is 2.83. The van der Waals surface area contributed by atoms with Gasteiger partial charge in [-0.05, 0) is 12.1 Å². The summed E-state index contributed by atoms with van der Waals surface area (Å²) in [5.74, 6) is 1.45. The Labute approximate surface area is 124 Å². The van der Waals surface area contributed by atoms with Crippen LogP contribution in [0.5, 0.6) is 5.75 Å². The highest BCUT2D eigenvalue weighted by molar-refractivity contribution is 6.18. The third-order valence-electron chi connectivity index (χ3n) is 2.49.